The van der Waals surface area contributed by atoms with Crippen LogP contribution in [0.5, 0.6) is 0 Å². The fraction of sp³-hybridized carbons (Fsp3) is 0.250. The number of rotatable bonds is 6. The zero-order valence-corrected chi connectivity index (χ0v) is 13.2. The van der Waals surface area contributed by atoms with Gasteiger partial charge in [-0.15, -0.1) is 0 Å². The van der Waals surface area contributed by atoms with Crippen LogP contribution in [0.2, 0.25) is 10.0 Å². The van der Waals surface area contributed by atoms with Crippen LogP contribution in [0.4, 0.5) is 0 Å². The molecule has 1 aromatic heterocycles. The summed E-state index contributed by atoms with van der Waals surface area (Å²) in [7, 11) is 1.97. The maximum absolute atomic E-state index is 12.2. The SMILES string of the molecule is CN(CCC(=O)c1cccc(Cl)c1Cl)Cc1cccnc1. The van der Waals surface area contributed by atoms with Crippen molar-refractivity contribution in [1.29, 1.82) is 0 Å². The summed E-state index contributed by atoms with van der Waals surface area (Å²) in [6.07, 6.45) is 3.97. The van der Waals surface area contributed by atoms with Crippen molar-refractivity contribution in [2.45, 2.75) is 13.0 Å². The number of hydrogen-bond donors (Lipinski definition) is 0. The molecule has 0 saturated carbocycles. The molecule has 21 heavy (non-hydrogen) atoms. The van der Waals surface area contributed by atoms with E-state index >= 15 is 0 Å². The van der Waals surface area contributed by atoms with Crippen LogP contribution in [0.1, 0.15) is 22.3 Å². The first-order valence-electron chi connectivity index (χ1n) is 6.62. The Hall–Kier alpha value is -1.42. The van der Waals surface area contributed by atoms with Gasteiger partial charge in [0.1, 0.15) is 0 Å². The van der Waals surface area contributed by atoms with Crippen LogP contribution in [0.3, 0.4) is 0 Å². The molecule has 2 aromatic rings. The molecule has 0 amide bonds. The molecular weight excluding hydrogens is 307 g/mol. The molecule has 0 atom stereocenters. The van der Waals surface area contributed by atoms with Crippen molar-refractivity contribution in [2.75, 3.05) is 13.6 Å². The summed E-state index contributed by atoms with van der Waals surface area (Å²) in [6.45, 7) is 1.40. The third kappa shape index (κ3) is 4.53. The molecule has 0 spiro atoms. The van der Waals surface area contributed by atoms with E-state index in [1.165, 1.54) is 0 Å². The number of nitrogens with zero attached hydrogens (tertiary/aromatic N) is 2. The summed E-state index contributed by atoms with van der Waals surface area (Å²) in [5.74, 6) is 0.000497. The van der Waals surface area contributed by atoms with Crippen LogP contribution >= 0.6 is 23.2 Å². The van der Waals surface area contributed by atoms with Gasteiger partial charge < -0.3 is 4.90 Å². The minimum atomic E-state index is 0.000497. The molecule has 5 heteroatoms. The predicted octanol–water partition coefficient (Wildman–Crippen LogP) is 4.09. The number of benzene rings is 1. The molecule has 1 aromatic carbocycles. The van der Waals surface area contributed by atoms with E-state index in [-0.39, 0.29) is 5.78 Å². The van der Waals surface area contributed by atoms with Gasteiger partial charge in [0.05, 0.1) is 10.0 Å². The zero-order valence-electron chi connectivity index (χ0n) is 11.7. The number of hydrogen-bond acceptors (Lipinski definition) is 3. The Balaban J connectivity index is 1.90. The van der Waals surface area contributed by atoms with Crippen molar-refractivity contribution in [1.82, 2.24) is 9.88 Å². The summed E-state index contributed by atoms with van der Waals surface area (Å²) in [6, 6.07) is 9.03. The van der Waals surface area contributed by atoms with Crippen LogP contribution < -0.4 is 0 Å². The zero-order chi connectivity index (χ0) is 15.2. The number of carbonyl (C=O) groups is 1. The molecule has 0 N–H and O–H groups in total. The first-order valence-corrected chi connectivity index (χ1v) is 7.38. The van der Waals surface area contributed by atoms with Crippen molar-refractivity contribution < 1.29 is 4.79 Å². The predicted molar refractivity (Wildman–Crippen MR) is 86.0 cm³/mol. The molecule has 0 aliphatic heterocycles. The van der Waals surface area contributed by atoms with Crippen molar-refractivity contribution in [3.05, 3.63) is 63.9 Å². The van der Waals surface area contributed by atoms with E-state index in [1.54, 1.807) is 24.4 Å². The highest BCUT2D eigenvalue weighted by atomic mass is 35.5. The van der Waals surface area contributed by atoms with E-state index in [0.29, 0.717) is 28.6 Å². The molecular formula is C16H16Cl2N2O. The Kier molecular flexibility index (Phi) is 5.74. The van der Waals surface area contributed by atoms with E-state index in [9.17, 15) is 4.79 Å². The Bertz CT molecular complexity index is 617. The summed E-state index contributed by atoms with van der Waals surface area (Å²) in [5.41, 5.74) is 1.60. The first kappa shape index (κ1) is 16.0. The standard InChI is InChI=1S/C16H16Cl2N2O/c1-20(11-12-4-3-8-19-10-12)9-7-15(21)13-5-2-6-14(17)16(13)18/h2-6,8,10H,7,9,11H2,1H3. The van der Waals surface area contributed by atoms with E-state index in [2.05, 4.69) is 9.88 Å². The summed E-state index contributed by atoms with van der Waals surface area (Å²) in [5, 5.41) is 0.741. The molecule has 0 saturated heterocycles. The average Bonchev–Trinajstić information content (AvgIpc) is 2.48. The number of carbonyl (C=O) groups excluding carboxylic acids is 1. The number of ketones is 1. The molecule has 0 aliphatic rings. The third-order valence-corrected chi connectivity index (χ3v) is 3.97. The van der Waals surface area contributed by atoms with Gasteiger partial charge in [-0.1, -0.05) is 35.3 Å². The smallest absolute Gasteiger partial charge is 0.165 e. The topological polar surface area (TPSA) is 33.2 Å². The minimum absolute atomic E-state index is 0.000497. The molecule has 0 bridgehead atoms. The van der Waals surface area contributed by atoms with Crippen LogP contribution in [-0.4, -0.2) is 29.3 Å². The summed E-state index contributed by atoms with van der Waals surface area (Å²) in [4.78, 5) is 18.3. The highest BCUT2D eigenvalue weighted by molar-refractivity contribution is 6.43. The van der Waals surface area contributed by atoms with E-state index in [1.807, 2.05) is 25.4 Å². The summed E-state index contributed by atoms with van der Waals surface area (Å²) >= 11 is 12.0. The van der Waals surface area contributed by atoms with E-state index < -0.39 is 0 Å². The van der Waals surface area contributed by atoms with Crippen molar-refractivity contribution >= 4 is 29.0 Å². The highest BCUT2D eigenvalue weighted by Crippen LogP contribution is 2.26. The van der Waals surface area contributed by atoms with Crippen molar-refractivity contribution in [2.24, 2.45) is 0 Å². The van der Waals surface area contributed by atoms with Crippen LogP contribution in [0.25, 0.3) is 0 Å². The van der Waals surface area contributed by atoms with Crippen LogP contribution in [-0.2, 0) is 6.54 Å². The number of aromatic nitrogens is 1. The molecule has 110 valence electrons. The quantitative estimate of drug-likeness (QED) is 0.751. The fourth-order valence-corrected chi connectivity index (χ4v) is 2.43. The molecule has 0 radical (unpaired) electrons. The highest BCUT2D eigenvalue weighted by Gasteiger charge is 2.13. The van der Waals surface area contributed by atoms with Gasteiger partial charge in [-0.2, -0.15) is 0 Å². The van der Waals surface area contributed by atoms with Crippen molar-refractivity contribution in [3.63, 3.8) is 0 Å². The second kappa shape index (κ2) is 7.55. The van der Waals surface area contributed by atoms with Crippen LogP contribution in [0, 0.1) is 0 Å². The minimum Gasteiger partial charge on any atom is -0.302 e. The van der Waals surface area contributed by atoms with Gasteiger partial charge >= 0.3 is 0 Å². The lowest BCUT2D eigenvalue weighted by molar-refractivity contribution is 0.0968. The molecule has 0 unspecified atom stereocenters. The second-order valence-corrected chi connectivity index (χ2v) is 5.66. The lowest BCUT2D eigenvalue weighted by atomic mass is 10.1. The maximum Gasteiger partial charge on any atom is 0.165 e. The lowest BCUT2D eigenvalue weighted by Gasteiger charge is -2.16. The Morgan fingerprint density at radius 1 is 1.24 bits per heavy atom. The third-order valence-electron chi connectivity index (χ3n) is 3.15. The lowest BCUT2D eigenvalue weighted by Crippen LogP contribution is -2.21. The maximum atomic E-state index is 12.2. The Labute approximate surface area is 134 Å². The molecule has 2 rings (SSSR count). The second-order valence-electron chi connectivity index (χ2n) is 4.87. The first-order chi connectivity index (χ1) is 10.1. The normalized spacial score (nSPS) is 10.9. The monoisotopic (exact) mass is 322 g/mol. The van der Waals surface area contributed by atoms with Gasteiger partial charge in [0.15, 0.2) is 5.78 Å². The number of Topliss-reactive ketones (excluding diaryl/α,β-unsaturated/α-hetero) is 1. The Morgan fingerprint density at radius 3 is 2.76 bits per heavy atom. The van der Waals surface area contributed by atoms with Gasteiger partial charge in [-0.3, -0.25) is 9.78 Å². The number of halogens is 2. The van der Waals surface area contributed by atoms with Gasteiger partial charge in [-0.05, 0) is 30.8 Å². The fourth-order valence-electron chi connectivity index (χ4n) is 2.03. The van der Waals surface area contributed by atoms with Crippen molar-refractivity contribution in [3.8, 4) is 0 Å². The number of pyridine rings is 1. The average molecular weight is 323 g/mol. The molecule has 0 aliphatic carbocycles. The molecule has 1 heterocycles. The molecule has 3 nitrogen and oxygen atoms in total. The van der Waals surface area contributed by atoms with Gasteiger partial charge in [0.2, 0.25) is 0 Å². The van der Waals surface area contributed by atoms with E-state index in [0.717, 1.165) is 12.1 Å². The Morgan fingerprint density at radius 2 is 2.05 bits per heavy atom. The van der Waals surface area contributed by atoms with E-state index in [4.69, 9.17) is 23.2 Å². The van der Waals surface area contributed by atoms with Gasteiger partial charge in [0.25, 0.3) is 0 Å². The largest absolute Gasteiger partial charge is 0.302 e. The van der Waals surface area contributed by atoms with Gasteiger partial charge in [0, 0.05) is 37.5 Å². The summed E-state index contributed by atoms with van der Waals surface area (Å²) < 4.78 is 0. The van der Waals surface area contributed by atoms with Crippen LogP contribution in [0.15, 0.2) is 42.7 Å². The van der Waals surface area contributed by atoms with Gasteiger partial charge in [-0.25, -0.2) is 0 Å². The molecule has 0 fully saturated rings.